The molecule has 0 saturated carbocycles. The molecule has 0 amide bonds. The Morgan fingerprint density at radius 1 is 0.857 bits per heavy atom. The van der Waals surface area contributed by atoms with E-state index in [0.29, 0.717) is 28.1 Å². The van der Waals surface area contributed by atoms with Crippen LogP contribution in [0, 0.1) is 6.92 Å². The van der Waals surface area contributed by atoms with Crippen LogP contribution in [-0.4, -0.2) is 70.7 Å². The largest absolute Gasteiger partial charge is 0.463 e. The Morgan fingerprint density at radius 3 is 2.10 bits per heavy atom. The molecule has 0 bridgehead atoms. The highest BCUT2D eigenvalue weighted by Gasteiger charge is 2.52. The zero-order valence-corrected chi connectivity index (χ0v) is 23.7. The summed E-state index contributed by atoms with van der Waals surface area (Å²) < 4.78 is 29.1. The number of hydrogen-bond donors (Lipinski definition) is 1. The average molecular weight is 582 g/mol. The minimum atomic E-state index is -1.33. The monoisotopic (exact) mass is 581 g/mol. The zero-order valence-electron chi connectivity index (χ0n) is 23.7. The van der Waals surface area contributed by atoms with Gasteiger partial charge in [0.1, 0.15) is 18.5 Å². The molecular formula is C29H31N3O10. The van der Waals surface area contributed by atoms with Crippen LogP contribution in [0.4, 0.5) is 5.69 Å². The third-order valence-corrected chi connectivity index (χ3v) is 6.35. The van der Waals surface area contributed by atoms with Gasteiger partial charge in [-0.05, 0) is 37.3 Å². The van der Waals surface area contributed by atoms with Crippen LogP contribution in [0.25, 0.3) is 16.6 Å². The van der Waals surface area contributed by atoms with Crippen molar-refractivity contribution in [3.63, 3.8) is 0 Å². The van der Waals surface area contributed by atoms with Gasteiger partial charge in [-0.2, -0.15) is 0 Å². The van der Waals surface area contributed by atoms with E-state index in [1.807, 2.05) is 18.2 Å². The molecule has 3 aromatic rings. The summed E-state index contributed by atoms with van der Waals surface area (Å²) in [4.78, 5) is 65.9. The van der Waals surface area contributed by atoms with E-state index in [0.717, 1.165) is 20.8 Å². The maximum Gasteiger partial charge on any atom is 0.303 e. The predicted molar refractivity (Wildman–Crippen MR) is 148 cm³/mol. The van der Waals surface area contributed by atoms with Crippen molar-refractivity contribution in [1.29, 1.82) is 0 Å². The van der Waals surface area contributed by atoms with E-state index in [2.05, 4.69) is 10.3 Å². The SMILES string of the molecule is CC(=O)OC[C@H]1O[C@@H](Nc2ccc3nc(C)n(-c4ccccc4)c(=O)c3c2)[C@H](OC(C)=O)[C@@H](OC(C)=O)[C@H]1OC(C)=O. The summed E-state index contributed by atoms with van der Waals surface area (Å²) in [6.45, 7) is 6.01. The van der Waals surface area contributed by atoms with Crippen LogP contribution in [0.1, 0.15) is 33.5 Å². The first-order chi connectivity index (χ1) is 19.9. The summed E-state index contributed by atoms with van der Waals surface area (Å²) >= 11 is 0. The topological polar surface area (TPSA) is 161 Å². The van der Waals surface area contributed by atoms with Crippen LogP contribution in [0.15, 0.2) is 53.3 Å². The van der Waals surface area contributed by atoms with E-state index in [-0.39, 0.29) is 12.2 Å². The summed E-state index contributed by atoms with van der Waals surface area (Å²) in [6.07, 6.45) is -6.24. The molecule has 0 spiro atoms. The van der Waals surface area contributed by atoms with Crippen molar-refractivity contribution in [3.8, 4) is 5.69 Å². The standard InChI is InChI=1S/C29H31N3O10/c1-15-30-23-12-11-20(13-22(23)29(37)32(15)21-9-7-6-8-10-21)31-28-27(41-19(5)36)26(40-18(4)35)25(39-17(3)34)24(42-28)14-38-16(2)33/h6-13,24-28,31H,14H2,1-5H3/t24-,25+,26+,27-,28-/m1/s1. The second kappa shape index (κ2) is 12.8. The molecule has 13 heteroatoms. The number of carbonyl (C=O) groups is 4. The molecular weight excluding hydrogens is 550 g/mol. The summed E-state index contributed by atoms with van der Waals surface area (Å²) in [7, 11) is 0. The number of carbonyl (C=O) groups excluding carboxylic acids is 4. The summed E-state index contributed by atoms with van der Waals surface area (Å²) in [5, 5.41) is 3.37. The maximum absolute atomic E-state index is 13.6. The summed E-state index contributed by atoms with van der Waals surface area (Å²) in [5.74, 6) is -2.32. The number of rotatable bonds is 8. The van der Waals surface area contributed by atoms with Crippen LogP contribution in [0.5, 0.6) is 0 Å². The van der Waals surface area contributed by atoms with Gasteiger partial charge in [0.15, 0.2) is 24.5 Å². The fourth-order valence-corrected chi connectivity index (χ4v) is 4.78. The lowest BCUT2D eigenvalue weighted by atomic mass is 9.97. The van der Waals surface area contributed by atoms with Gasteiger partial charge in [-0.25, -0.2) is 4.98 Å². The van der Waals surface area contributed by atoms with Crippen molar-refractivity contribution in [2.75, 3.05) is 11.9 Å². The van der Waals surface area contributed by atoms with Crippen LogP contribution >= 0.6 is 0 Å². The van der Waals surface area contributed by atoms with Crippen molar-refractivity contribution in [2.24, 2.45) is 0 Å². The molecule has 5 atom stereocenters. The summed E-state index contributed by atoms with van der Waals surface area (Å²) in [6, 6.07) is 13.9. The van der Waals surface area contributed by atoms with Crippen LogP contribution in [0.3, 0.4) is 0 Å². The van der Waals surface area contributed by atoms with E-state index < -0.39 is 54.5 Å². The highest BCUT2D eigenvalue weighted by atomic mass is 16.7. The number of esters is 4. The molecule has 0 radical (unpaired) electrons. The number of fused-ring (bicyclic) bond motifs is 1. The number of para-hydroxylation sites is 1. The molecule has 0 unspecified atom stereocenters. The predicted octanol–water partition coefficient (Wildman–Crippen LogP) is 2.19. The maximum atomic E-state index is 13.6. The van der Waals surface area contributed by atoms with Crippen LogP contribution in [0.2, 0.25) is 0 Å². The van der Waals surface area contributed by atoms with Crippen molar-refractivity contribution in [3.05, 3.63) is 64.7 Å². The van der Waals surface area contributed by atoms with Crippen molar-refractivity contribution >= 4 is 40.5 Å². The number of nitrogens with zero attached hydrogens (tertiary/aromatic N) is 2. The molecule has 222 valence electrons. The first-order valence-corrected chi connectivity index (χ1v) is 13.1. The lowest BCUT2D eigenvalue weighted by Gasteiger charge is -2.44. The fraction of sp³-hybridized carbons (Fsp3) is 0.379. The molecule has 0 aliphatic carbocycles. The zero-order chi connectivity index (χ0) is 30.6. The Kier molecular flexibility index (Phi) is 9.21. The van der Waals surface area contributed by atoms with E-state index >= 15 is 0 Å². The molecule has 1 aliphatic heterocycles. The minimum Gasteiger partial charge on any atom is -0.463 e. The molecule has 2 heterocycles. The second-order valence-electron chi connectivity index (χ2n) is 9.63. The van der Waals surface area contributed by atoms with Gasteiger partial charge in [-0.1, -0.05) is 18.2 Å². The molecule has 1 aromatic heterocycles. The summed E-state index contributed by atoms with van der Waals surface area (Å²) in [5.41, 5.74) is 1.17. The van der Waals surface area contributed by atoms with Crippen molar-refractivity contribution in [2.45, 2.75) is 65.3 Å². The Balaban J connectivity index is 1.76. The van der Waals surface area contributed by atoms with Gasteiger partial charge >= 0.3 is 23.9 Å². The molecule has 42 heavy (non-hydrogen) atoms. The normalized spacial score (nSPS) is 21.7. The molecule has 1 saturated heterocycles. The Hall–Kier alpha value is -4.78. The number of aryl methyl sites for hydroxylation is 1. The number of aromatic nitrogens is 2. The number of hydrogen-bond acceptors (Lipinski definition) is 12. The van der Waals surface area contributed by atoms with Gasteiger partial charge in [0.25, 0.3) is 5.56 Å². The number of benzene rings is 2. The first-order valence-electron chi connectivity index (χ1n) is 13.1. The Labute approximate surface area is 240 Å². The lowest BCUT2D eigenvalue weighted by molar-refractivity contribution is -0.247. The number of ether oxygens (including phenoxy) is 5. The van der Waals surface area contributed by atoms with Crippen molar-refractivity contribution < 1.29 is 42.9 Å². The molecule has 2 aromatic carbocycles. The van der Waals surface area contributed by atoms with E-state index in [1.165, 1.54) is 11.5 Å². The highest BCUT2D eigenvalue weighted by Crippen LogP contribution is 2.30. The quantitative estimate of drug-likeness (QED) is 0.305. The van der Waals surface area contributed by atoms with E-state index in [4.69, 9.17) is 23.7 Å². The molecule has 1 aliphatic rings. The molecule has 1 N–H and O–H groups in total. The Bertz CT molecular complexity index is 1550. The van der Waals surface area contributed by atoms with Crippen LogP contribution < -0.4 is 10.9 Å². The molecule has 13 nitrogen and oxygen atoms in total. The van der Waals surface area contributed by atoms with Gasteiger partial charge in [-0.3, -0.25) is 28.5 Å². The second-order valence-corrected chi connectivity index (χ2v) is 9.63. The molecule has 1 fully saturated rings. The minimum absolute atomic E-state index is 0.292. The highest BCUT2D eigenvalue weighted by molar-refractivity contribution is 5.82. The first kappa shape index (κ1) is 30.2. The van der Waals surface area contributed by atoms with E-state index in [1.54, 1.807) is 37.3 Å². The fourth-order valence-electron chi connectivity index (χ4n) is 4.78. The third-order valence-electron chi connectivity index (χ3n) is 6.35. The smallest absolute Gasteiger partial charge is 0.303 e. The van der Waals surface area contributed by atoms with Gasteiger partial charge in [0.05, 0.1) is 16.6 Å². The number of anilines is 1. The third kappa shape index (κ3) is 6.92. The van der Waals surface area contributed by atoms with Gasteiger partial charge < -0.3 is 29.0 Å². The van der Waals surface area contributed by atoms with Gasteiger partial charge in [0, 0.05) is 33.4 Å². The Morgan fingerprint density at radius 2 is 1.48 bits per heavy atom. The average Bonchev–Trinajstić information content (AvgIpc) is 2.91. The number of nitrogens with one attached hydrogen (secondary N) is 1. The van der Waals surface area contributed by atoms with Crippen LogP contribution in [-0.2, 0) is 42.9 Å². The molecule has 4 rings (SSSR count). The van der Waals surface area contributed by atoms with Gasteiger partial charge in [-0.15, -0.1) is 0 Å². The lowest BCUT2D eigenvalue weighted by Crippen LogP contribution is -2.64. The van der Waals surface area contributed by atoms with E-state index in [9.17, 15) is 24.0 Å². The van der Waals surface area contributed by atoms with Crippen molar-refractivity contribution in [1.82, 2.24) is 9.55 Å². The van der Waals surface area contributed by atoms with Gasteiger partial charge in [0.2, 0.25) is 0 Å².